The van der Waals surface area contributed by atoms with E-state index >= 15 is 0 Å². The second-order valence-electron chi connectivity index (χ2n) is 6.85. The summed E-state index contributed by atoms with van der Waals surface area (Å²) in [6.45, 7) is 6.86. The van der Waals surface area contributed by atoms with Crippen LogP contribution >= 0.6 is 0 Å². The molecule has 28 heavy (non-hydrogen) atoms. The molecule has 0 saturated heterocycles. The summed E-state index contributed by atoms with van der Waals surface area (Å²) in [5, 5.41) is 3.45. The highest BCUT2D eigenvalue weighted by atomic mass is 16.7. The van der Waals surface area contributed by atoms with Crippen LogP contribution in [0.15, 0.2) is 48.5 Å². The second-order valence-corrected chi connectivity index (χ2v) is 6.85. The van der Waals surface area contributed by atoms with Gasteiger partial charge in [0, 0.05) is 5.39 Å². The molecule has 0 heterocycles. The Balaban J connectivity index is 2.09. The summed E-state index contributed by atoms with van der Waals surface area (Å²) in [6, 6.07) is 15.0. The van der Waals surface area contributed by atoms with Gasteiger partial charge in [0.2, 0.25) is 0 Å². The largest absolute Gasteiger partial charge is 0.514 e. The number of hydrogen-bond donors (Lipinski definition) is 0. The minimum absolute atomic E-state index is 0.0779. The summed E-state index contributed by atoms with van der Waals surface area (Å²) < 4.78 is 20.8. The van der Waals surface area contributed by atoms with E-state index in [1.165, 1.54) is 0 Å². The first kappa shape index (κ1) is 19.5. The molecule has 0 amide bonds. The quantitative estimate of drug-likeness (QED) is 0.321. The maximum absolute atomic E-state index is 12.1. The molecule has 6 heteroatoms. The number of hydrogen-bond acceptors (Lipinski definition) is 6. The molecule has 0 atom stereocenters. The highest BCUT2D eigenvalue weighted by molar-refractivity contribution is 6.02. The van der Waals surface area contributed by atoms with Crippen LogP contribution in [0.3, 0.4) is 0 Å². The number of fused-ring (bicyclic) bond motifs is 2. The zero-order valence-electron chi connectivity index (χ0n) is 16.2. The third-order valence-electron chi connectivity index (χ3n) is 3.84. The Hall–Kier alpha value is -3.28. The van der Waals surface area contributed by atoms with Gasteiger partial charge < -0.3 is 18.9 Å². The lowest BCUT2D eigenvalue weighted by Crippen LogP contribution is -2.18. The summed E-state index contributed by atoms with van der Waals surface area (Å²) in [4.78, 5) is 24.1. The lowest BCUT2D eigenvalue weighted by atomic mass is 10.0. The lowest BCUT2D eigenvalue weighted by Gasteiger charge is -2.15. The molecular weight excluding hydrogens is 360 g/mol. The van der Waals surface area contributed by atoms with Gasteiger partial charge in [-0.25, -0.2) is 9.59 Å². The van der Waals surface area contributed by atoms with Gasteiger partial charge in [-0.15, -0.1) is 0 Å². The Morgan fingerprint density at radius 2 is 1.29 bits per heavy atom. The Morgan fingerprint density at radius 1 is 0.714 bits per heavy atom. The van der Waals surface area contributed by atoms with Crippen LogP contribution in [0.25, 0.3) is 21.5 Å². The fourth-order valence-electron chi connectivity index (χ4n) is 2.76. The van der Waals surface area contributed by atoms with Crippen molar-refractivity contribution < 1.29 is 28.5 Å². The molecule has 0 radical (unpaired) electrons. The van der Waals surface area contributed by atoms with Crippen LogP contribution in [0.2, 0.25) is 0 Å². The maximum Gasteiger partial charge on any atom is 0.514 e. The molecule has 0 spiro atoms. The average Bonchev–Trinajstić information content (AvgIpc) is 2.61. The molecule has 3 aromatic carbocycles. The fraction of sp³-hybridized carbons (Fsp3) is 0.273. The van der Waals surface area contributed by atoms with E-state index in [4.69, 9.17) is 18.9 Å². The molecule has 0 aromatic heterocycles. The SMILES string of the molecule is CC(C)OC(=O)Oc1ccc2cc3ccccc3cc2c1OC(=O)OC(C)C. The molecule has 3 rings (SSSR count). The van der Waals surface area contributed by atoms with Crippen molar-refractivity contribution in [3.8, 4) is 11.5 Å². The monoisotopic (exact) mass is 382 g/mol. The first-order chi connectivity index (χ1) is 13.3. The van der Waals surface area contributed by atoms with E-state index in [-0.39, 0.29) is 23.7 Å². The Labute approximate surface area is 162 Å². The minimum Gasteiger partial charge on any atom is -0.431 e. The summed E-state index contributed by atoms with van der Waals surface area (Å²) >= 11 is 0. The smallest absolute Gasteiger partial charge is 0.431 e. The van der Waals surface area contributed by atoms with Gasteiger partial charge in [0.25, 0.3) is 0 Å². The van der Waals surface area contributed by atoms with E-state index in [1.54, 1.807) is 39.8 Å². The van der Waals surface area contributed by atoms with Crippen LogP contribution in [0.1, 0.15) is 27.7 Å². The van der Waals surface area contributed by atoms with Gasteiger partial charge in [-0.1, -0.05) is 30.3 Å². The molecule has 0 saturated carbocycles. The Bertz CT molecular complexity index is 1020. The van der Waals surface area contributed by atoms with E-state index in [9.17, 15) is 9.59 Å². The van der Waals surface area contributed by atoms with E-state index in [0.717, 1.165) is 16.2 Å². The van der Waals surface area contributed by atoms with Crippen molar-refractivity contribution in [3.63, 3.8) is 0 Å². The topological polar surface area (TPSA) is 71.1 Å². The average molecular weight is 382 g/mol. The normalized spacial score (nSPS) is 11.1. The molecule has 0 aliphatic rings. The van der Waals surface area contributed by atoms with Crippen LogP contribution in [-0.4, -0.2) is 24.5 Å². The van der Waals surface area contributed by atoms with E-state index < -0.39 is 12.3 Å². The lowest BCUT2D eigenvalue weighted by molar-refractivity contribution is 0.0644. The van der Waals surface area contributed by atoms with Gasteiger partial charge in [0.05, 0.1) is 12.2 Å². The van der Waals surface area contributed by atoms with Crippen LogP contribution in [-0.2, 0) is 9.47 Å². The zero-order chi connectivity index (χ0) is 20.3. The first-order valence-electron chi connectivity index (χ1n) is 9.06. The first-order valence-corrected chi connectivity index (χ1v) is 9.06. The molecule has 0 bridgehead atoms. The summed E-state index contributed by atoms with van der Waals surface area (Å²) in [5.74, 6) is 0.184. The van der Waals surface area contributed by atoms with Crippen molar-refractivity contribution in [1.29, 1.82) is 0 Å². The highest BCUT2D eigenvalue weighted by Crippen LogP contribution is 2.38. The highest BCUT2D eigenvalue weighted by Gasteiger charge is 2.20. The van der Waals surface area contributed by atoms with Crippen molar-refractivity contribution in [3.05, 3.63) is 48.5 Å². The third-order valence-corrected chi connectivity index (χ3v) is 3.84. The van der Waals surface area contributed by atoms with Crippen LogP contribution in [0, 0.1) is 0 Å². The summed E-state index contributed by atoms with van der Waals surface area (Å²) in [7, 11) is 0. The van der Waals surface area contributed by atoms with Crippen molar-refractivity contribution in [2.75, 3.05) is 0 Å². The molecule has 0 N–H and O–H groups in total. The standard InChI is InChI=1S/C22H22O6/c1-13(2)25-21(23)27-19-10-9-17-11-15-7-5-6-8-16(15)12-18(17)20(19)28-22(24)26-14(3)4/h5-14H,1-4H3. The van der Waals surface area contributed by atoms with E-state index in [2.05, 4.69) is 0 Å². The molecule has 0 fully saturated rings. The number of rotatable bonds is 4. The zero-order valence-corrected chi connectivity index (χ0v) is 16.2. The van der Waals surface area contributed by atoms with Gasteiger partial charge >= 0.3 is 12.3 Å². The van der Waals surface area contributed by atoms with Crippen LogP contribution in [0.5, 0.6) is 11.5 Å². The van der Waals surface area contributed by atoms with E-state index in [0.29, 0.717) is 5.39 Å². The number of ether oxygens (including phenoxy) is 4. The Kier molecular flexibility index (Phi) is 5.68. The molecule has 0 aliphatic heterocycles. The van der Waals surface area contributed by atoms with Crippen molar-refractivity contribution in [1.82, 2.24) is 0 Å². The van der Waals surface area contributed by atoms with Crippen molar-refractivity contribution in [2.45, 2.75) is 39.9 Å². The van der Waals surface area contributed by atoms with Crippen LogP contribution < -0.4 is 9.47 Å². The molecule has 146 valence electrons. The number of benzene rings is 3. The predicted molar refractivity (Wildman–Crippen MR) is 106 cm³/mol. The van der Waals surface area contributed by atoms with Gasteiger partial charge in [-0.05, 0) is 62.1 Å². The predicted octanol–water partition coefficient (Wildman–Crippen LogP) is 5.84. The number of carbonyl (C=O) groups excluding carboxylic acids is 2. The number of carbonyl (C=O) groups is 2. The fourth-order valence-corrected chi connectivity index (χ4v) is 2.76. The van der Waals surface area contributed by atoms with Crippen molar-refractivity contribution >= 4 is 33.9 Å². The summed E-state index contributed by atoms with van der Waals surface area (Å²) in [6.07, 6.45) is -2.44. The maximum atomic E-state index is 12.1. The third kappa shape index (κ3) is 4.52. The van der Waals surface area contributed by atoms with Crippen molar-refractivity contribution in [2.24, 2.45) is 0 Å². The molecule has 0 aliphatic carbocycles. The summed E-state index contributed by atoms with van der Waals surface area (Å²) in [5.41, 5.74) is 0. The second kappa shape index (κ2) is 8.17. The molecule has 3 aromatic rings. The van der Waals surface area contributed by atoms with Gasteiger partial charge in [0.15, 0.2) is 11.5 Å². The molecule has 6 nitrogen and oxygen atoms in total. The van der Waals surface area contributed by atoms with E-state index in [1.807, 2.05) is 36.4 Å². The molecular formula is C22H22O6. The van der Waals surface area contributed by atoms with Crippen LogP contribution in [0.4, 0.5) is 9.59 Å². The Morgan fingerprint density at radius 3 is 1.89 bits per heavy atom. The van der Waals surface area contributed by atoms with Gasteiger partial charge in [-0.3, -0.25) is 0 Å². The molecule has 0 unspecified atom stereocenters. The minimum atomic E-state index is -0.878. The van der Waals surface area contributed by atoms with Gasteiger partial charge in [0.1, 0.15) is 0 Å². The van der Waals surface area contributed by atoms with Gasteiger partial charge in [-0.2, -0.15) is 0 Å².